The number of ether oxygens (including phenoxy) is 3. The van der Waals surface area contributed by atoms with E-state index in [2.05, 4.69) is 0 Å². The van der Waals surface area contributed by atoms with Gasteiger partial charge in [0.2, 0.25) is 0 Å². The van der Waals surface area contributed by atoms with Crippen LogP contribution in [0.15, 0.2) is 24.3 Å². The van der Waals surface area contributed by atoms with Crippen LogP contribution in [0.5, 0.6) is 5.75 Å². The summed E-state index contributed by atoms with van der Waals surface area (Å²) in [5.41, 5.74) is 0.972. The zero-order valence-corrected chi connectivity index (χ0v) is 12.0. The predicted molar refractivity (Wildman–Crippen MR) is 74.8 cm³/mol. The van der Waals surface area contributed by atoms with E-state index in [0.717, 1.165) is 11.3 Å². The van der Waals surface area contributed by atoms with Crippen molar-refractivity contribution in [1.82, 2.24) is 0 Å². The fourth-order valence-corrected chi connectivity index (χ4v) is 1.69. The largest absolute Gasteiger partial charge is 0.494 e. The third-order valence-corrected chi connectivity index (χ3v) is 2.75. The molecule has 112 valence electrons. The number of hydrogen-bond acceptors (Lipinski definition) is 5. The summed E-state index contributed by atoms with van der Waals surface area (Å²) >= 11 is 0. The van der Waals surface area contributed by atoms with Gasteiger partial charge in [-0.3, -0.25) is 0 Å². The highest BCUT2D eigenvalue weighted by Crippen LogP contribution is 2.15. The van der Waals surface area contributed by atoms with Gasteiger partial charge in [0.1, 0.15) is 5.75 Å². The van der Waals surface area contributed by atoms with Gasteiger partial charge in [-0.1, -0.05) is 12.1 Å². The third-order valence-electron chi connectivity index (χ3n) is 2.75. The summed E-state index contributed by atoms with van der Waals surface area (Å²) < 4.78 is 15.5. The lowest BCUT2D eigenvalue weighted by Gasteiger charge is -2.14. The Balaban J connectivity index is 2.52. The average molecular weight is 282 g/mol. The first-order valence-corrected chi connectivity index (χ1v) is 6.73. The van der Waals surface area contributed by atoms with Gasteiger partial charge in [-0.05, 0) is 24.6 Å². The number of rotatable bonds is 9. The second-order valence-corrected chi connectivity index (χ2v) is 4.25. The van der Waals surface area contributed by atoms with E-state index in [-0.39, 0.29) is 12.6 Å². The lowest BCUT2D eigenvalue weighted by atomic mass is 10.1. The number of aliphatic hydroxyl groups excluding tert-OH is 1. The van der Waals surface area contributed by atoms with Crippen molar-refractivity contribution in [3.8, 4) is 5.75 Å². The Bertz CT molecular complexity index is 388. The number of benzene rings is 1. The maximum atomic E-state index is 11.6. The molecule has 1 atom stereocenters. The zero-order chi connectivity index (χ0) is 14.8. The summed E-state index contributed by atoms with van der Waals surface area (Å²) in [4.78, 5) is 11.6. The van der Waals surface area contributed by atoms with Gasteiger partial charge in [-0.25, -0.2) is 4.79 Å². The fraction of sp³-hybridized carbons (Fsp3) is 0.533. The molecule has 0 spiro atoms. The normalized spacial score (nSPS) is 11.9. The zero-order valence-electron chi connectivity index (χ0n) is 12.0. The van der Waals surface area contributed by atoms with Gasteiger partial charge < -0.3 is 19.3 Å². The Morgan fingerprint density at radius 3 is 2.55 bits per heavy atom. The van der Waals surface area contributed by atoms with Crippen LogP contribution in [0.3, 0.4) is 0 Å². The number of carbonyl (C=O) groups is 1. The molecule has 1 aromatic rings. The van der Waals surface area contributed by atoms with E-state index in [9.17, 15) is 4.79 Å². The first kappa shape index (κ1) is 16.5. The monoisotopic (exact) mass is 282 g/mol. The molecule has 1 unspecified atom stereocenters. The van der Waals surface area contributed by atoms with E-state index in [4.69, 9.17) is 19.3 Å². The summed E-state index contributed by atoms with van der Waals surface area (Å²) in [7, 11) is 1.49. The maximum absolute atomic E-state index is 11.6. The van der Waals surface area contributed by atoms with Gasteiger partial charge in [0.15, 0.2) is 6.10 Å². The van der Waals surface area contributed by atoms with Gasteiger partial charge in [-0.2, -0.15) is 0 Å². The minimum Gasteiger partial charge on any atom is -0.494 e. The predicted octanol–water partition coefficient (Wildman–Crippen LogP) is 1.57. The molecule has 0 saturated carbocycles. The summed E-state index contributed by atoms with van der Waals surface area (Å²) in [5, 5.41) is 8.67. The molecule has 5 heteroatoms. The standard InChI is InChI=1S/C15H22O5/c1-3-19-15(17)14(18-2)11-12-5-7-13(8-6-12)20-10-4-9-16/h5-8,14,16H,3-4,9-11H2,1-2H3. The molecule has 5 nitrogen and oxygen atoms in total. The van der Waals surface area contributed by atoms with Crippen LogP contribution in [0.2, 0.25) is 0 Å². The Labute approximate surface area is 119 Å². The summed E-state index contributed by atoms with van der Waals surface area (Å²) in [5.74, 6) is 0.394. The molecule has 1 rings (SSSR count). The lowest BCUT2D eigenvalue weighted by molar-refractivity contribution is -0.154. The third kappa shape index (κ3) is 5.59. The van der Waals surface area contributed by atoms with Crippen LogP contribution in [0, 0.1) is 0 Å². The van der Waals surface area contributed by atoms with Crippen LogP contribution in [-0.2, 0) is 20.7 Å². The van der Waals surface area contributed by atoms with Crippen LogP contribution in [0.4, 0.5) is 0 Å². The smallest absolute Gasteiger partial charge is 0.335 e. The second-order valence-electron chi connectivity index (χ2n) is 4.25. The number of esters is 1. The fourth-order valence-electron chi connectivity index (χ4n) is 1.69. The summed E-state index contributed by atoms with van der Waals surface area (Å²) in [6.07, 6.45) is 0.485. The van der Waals surface area contributed by atoms with Crippen molar-refractivity contribution in [2.24, 2.45) is 0 Å². The molecule has 1 aromatic carbocycles. The van der Waals surface area contributed by atoms with Crippen molar-refractivity contribution >= 4 is 5.97 Å². The molecular formula is C15H22O5. The van der Waals surface area contributed by atoms with Crippen molar-refractivity contribution < 1.29 is 24.1 Å². The molecule has 1 N–H and O–H groups in total. The molecule has 0 aliphatic rings. The Morgan fingerprint density at radius 1 is 1.30 bits per heavy atom. The van der Waals surface area contributed by atoms with E-state index >= 15 is 0 Å². The quantitative estimate of drug-likeness (QED) is 0.550. The van der Waals surface area contributed by atoms with Gasteiger partial charge in [-0.15, -0.1) is 0 Å². The Hall–Kier alpha value is -1.59. The Kier molecular flexibility index (Phi) is 7.69. The molecule has 0 aliphatic heterocycles. The minimum absolute atomic E-state index is 0.118. The maximum Gasteiger partial charge on any atom is 0.335 e. The molecular weight excluding hydrogens is 260 g/mol. The molecule has 0 fully saturated rings. The van der Waals surface area contributed by atoms with E-state index in [1.54, 1.807) is 6.92 Å². The van der Waals surface area contributed by atoms with Crippen molar-refractivity contribution in [2.75, 3.05) is 26.9 Å². The second kappa shape index (κ2) is 9.34. The van der Waals surface area contributed by atoms with E-state index in [1.165, 1.54) is 7.11 Å². The van der Waals surface area contributed by atoms with E-state index in [0.29, 0.717) is 26.1 Å². The van der Waals surface area contributed by atoms with Crippen molar-refractivity contribution in [1.29, 1.82) is 0 Å². The highest BCUT2D eigenvalue weighted by Gasteiger charge is 2.19. The highest BCUT2D eigenvalue weighted by atomic mass is 16.6. The van der Waals surface area contributed by atoms with Crippen LogP contribution in [0.25, 0.3) is 0 Å². The highest BCUT2D eigenvalue weighted by molar-refractivity contribution is 5.75. The van der Waals surface area contributed by atoms with Crippen LogP contribution in [0.1, 0.15) is 18.9 Å². The topological polar surface area (TPSA) is 65.0 Å². The van der Waals surface area contributed by atoms with Gasteiger partial charge in [0.05, 0.1) is 13.2 Å². The first-order chi connectivity index (χ1) is 9.71. The number of hydrogen-bond donors (Lipinski definition) is 1. The molecule has 0 aromatic heterocycles. The molecule has 20 heavy (non-hydrogen) atoms. The van der Waals surface area contributed by atoms with Gasteiger partial charge >= 0.3 is 5.97 Å². The molecule has 0 bridgehead atoms. The SMILES string of the molecule is CCOC(=O)C(Cc1ccc(OCCCO)cc1)OC. The lowest BCUT2D eigenvalue weighted by Crippen LogP contribution is -2.27. The summed E-state index contributed by atoms with van der Waals surface area (Å²) in [6.45, 7) is 2.71. The van der Waals surface area contributed by atoms with E-state index < -0.39 is 6.10 Å². The molecule has 0 aliphatic carbocycles. The van der Waals surface area contributed by atoms with Crippen molar-refractivity contribution in [3.05, 3.63) is 29.8 Å². The van der Waals surface area contributed by atoms with Crippen LogP contribution in [-0.4, -0.2) is 44.1 Å². The van der Waals surface area contributed by atoms with Crippen LogP contribution >= 0.6 is 0 Å². The van der Waals surface area contributed by atoms with Gasteiger partial charge in [0, 0.05) is 26.6 Å². The van der Waals surface area contributed by atoms with Crippen molar-refractivity contribution in [3.63, 3.8) is 0 Å². The minimum atomic E-state index is -0.587. The molecule has 0 saturated heterocycles. The molecule has 0 radical (unpaired) electrons. The number of carbonyl (C=O) groups excluding carboxylic acids is 1. The molecule has 0 heterocycles. The van der Waals surface area contributed by atoms with Crippen molar-refractivity contribution in [2.45, 2.75) is 25.9 Å². The average Bonchev–Trinajstić information content (AvgIpc) is 2.46. The molecule has 0 amide bonds. The summed E-state index contributed by atoms with van der Waals surface area (Å²) in [6, 6.07) is 7.45. The number of methoxy groups -OCH3 is 1. The van der Waals surface area contributed by atoms with E-state index in [1.807, 2.05) is 24.3 Å². The van der Waals surface area contributed by atoms with Gasteiger partial charge in [0.25, 0.3) is 0 Å². The van der Waals surface area contributed by atoms with Crippen LogP contribution < -0.4 is 4.74 Å². The Morgan fingerprint density at radius 2 is 2.00 bits per heavy atom. The first-order valence-electron chi connectivity index (χ1n) is 6.73. The number of aliphatic hydroxyl groups is 1.